The lowest BCUT2D eigenvalue weighted by atomic mass is 9.88. The second-order valence-electron chi connectivity index (χ2n) is 17.8. The molecule has 3 atom stereocenters. The van der Waals surface area contributed by atoms with Crippen LogP contribution < -0.4 is 26.0 Å². The first-order chi connectivity index (χ1) is 25.0. The highest BCUT2D eigenvalue weighted by atomic mass is 32.2. The number of H-pyrrole nitrogens is 2. The third-order valence-corrected chi connectivity index (χ3v) is 10.5. The van der Waals surface area contributed by atoms with Crippen molar-refractivity contribution in [3.05, 3.63) is 54.8 Å². The third-order valence-electron chi connectivity index (χ3n) is 7.12. The first-order valence-electron chi connectivity index (χ1n) is 17.1. The smallest absolute Gasteiger partial charge is 0.419 e. The van der Waals surface area contributed by atoms with Crippen molar-refractivity contribution < 1.29 is 48.2 Å². The number of ether oxygens (including phenoxy) is 1. The molecule has 0 aliphatic carbocycles. The maximum absolute atomic E-state index is 10.9. The van der Waals surface area contributed by atoms with Gasteiger partial charge in [0.1, 0.15) is 5.82 Å². The van der Waals surface area contributed by atoms with Crippen molar-refractivity contribution >= 4 is 50.7 Å². The number of aromatic amines is 2. The van der Waals surface area contributed by atoms with Crippen LogP contribution in [0.15, 0.2) is 37.9 Å². The summed E-state index contributed by atoms with van der Waals surface area (Å²) in [5.74, 6) is -1.72. The van der Waals surface area contributed by atoms with Gasteiger partial charge < -0.3 is 40.2 Å². The molecule has 2 aromatic heterocycles. The molecule has 2 saturated heterocycles. The Hall–Kier alpha value is -4.21. The van der Waals surface area contributed by atoms with E-state index in [9.17, 15) is 38.4 Å². The van der Waals surface area contributed by atoms with Crippen LogP contribution in [-0.4, -0.2) is 73.2 Å². The van der Waals surface area contributed by atoms with Crippen LogP contribution in [0.2, 0.25) is 0 Å². The highest BCUT2D eigenvalue weighted by molar-refractivity contribution is 8.12. The fraction of sp³-hybridized carbons (Fsp3) is 0.639. The minimum atomic E-state index is -1.54. The molecule has 0 radical (unpaired) electrons. The van der Waals surface area contributed by atoms with Crippen LogP contribution in [0, 0.1) is 10.8 Å². The van der Waals surface area contributed by atoms with Crippen LogP contribution in [0.25, 0.3) is 0 Å². The number of esters is 1. The SMILES string of the molecule is C.C=C1NC(=O)SN1C(C)(C)C.CC(C)(C)C1NC(=O)S(=O)N1.CC(C)(C)C1OC(=O)C(O)=C1O.CC(C)(C)c1oc(=O)[nH]c1O.CC(C)(C)c1sc(=O)[nH]c1O. The molecule has 57 heavy (non-hydrogen) atoms. The summed E-state index contributed by atoms with van der Waals surface area (Å²) in [4.78, 5) is 58.7. The fourth-order valence-electron chi connectivity index (χ4n) is 4.32. The van der Waals surface area contributed by atoms with Crippen LogP contribution in [0.4, 0.5) is 9.59 Å². The van der Waals surface area contributed by atoms with Crippen LogP contribution in [0.1, 0.15) is 122 Å². The van der Waals surface area contributed by atoms with E-state index in [0.717, 1.165) is 23.3 Å². The molecule has 21 heteroatoms. The largest absolute Gasteiger partial charge is 0.505 e. The van der Waals surface area contributed by atoms with Crippen molar-refractivity contribution in [3.63, 3.8) is 0 Å². The number of aliphatic hydroxyl groups is 2. The second kappa shape index (κ2) is 19.5. The second-order valence-corrected chi connectivity index (χ2v) is 20.8. The summed E-state index contributed by atoms with van der Waals surface area (Å²) in [6.45, 7) is 32.5. The molecule has 2 fully saturated rings. The molecule has 0 saturated carbocycles. The van der Waals surface area contributed by atoms with E-state index in [4.69, 9.17) is 19.4 Å². The molecule has 9 N–H and O–H groups in total. The Labute approximate surface area is 344 Å². The molecule has 5 rings (SSSR count). The third kappa shape index (κ3) is 15.9. The van der Waals surface area contributed by atoms with E-state index in [1.54, 1.807) is 20.8 Å². The molecule has 18 nitrogen and oxygen atoms in total. The number of nitrogens with one attached hydrogen (secondary N) is 5. The summed E-state index contributed by atoms with van der Waals surface area (Å²) >= 11 is 2.22. The zero-order valence-electron chi connectivity index (χ0n) is 34.6. The Morgan fingerprint density at radius 3 is 1.47 bits per heavy atom. The first-order valence-corrected chi connectivity index (χ1v) is 19.9. The number of thiazole rings is 1. The average molecular weight is 867 g/mol. The number of aromatic hydroxyl groups is 2. The maximum Gasteiger partial charge on any atom is 0.419 e. The molecule has 2 amide bonds. The van der Waals surface area contributed by atoms with Crippen LogP contribution in [0.3, 0.4) is 0 Å². The molecule has 0 spiro atoms. The van der Waals surface area contributed by atoms with Gasteiger partial charge in [0.25, 0.3) is 0 Å². The Balaban J connectivity index is 0.000000685. The number of aromatic nitrogens is 2. The minimum absolute atomic E-state index is 0. The monoisotopic (exact) mass is 866 g/mol. The number of cyclic esters (lactones) is 1. The number of hydrogen-bond donors (Lipinski definition) is 9. The van der Waals surface area contributed by atoms with Gasteiger partial charge in [-0.1, -0.05) is 108 Å². The Kier molecular flexibility index (Phi) is 18.1. The standard InChI is InChI=1S/C8H12O4.C7H12N2OS.C7H11NO3.C7H11NO2S.C6H12N2O2S.CH4/c1-8(2,3)6-4(9)5(10)7(11)12-6;1-5-8-6(10)11-9(5)7(2,3)4;2*1-7(2,3)4-5(9)8-6(10)11-4;1-6(2,3)4-7-5(9)11(10)8-4;/h6,9-10H,1-3H3;1H2,2-4H3,(H,8,10);2*9H,1-3H3,(H,8,10);4,8H,1-3H3,(H,7,9);1H4. The predicted octanol–water partition coefficient (Wildman–Crippen LogP) is 6.60. The van der Waals surface area contributed by atoms with Crippen molar-refractivity contribution in [2.45, 2.75) is 140 Å². The highest BCUT2D eigenvalue weighted by Gasteiger charge is 2.42. The van der Waals surface area contributed by atoms with Gasteiger partial charge in [0.05, 0.1) is 23.0 Å². The van der Waals surface area contributed by atoms with Gasteiger partial charge in [0.2, 0.25) is 17.5 Å². The van der Waals surface area contributed by atoms with Crippen molar-refractivity contribution in [3.8, 4) is 11.8 Å². The molecule has 5 heterocycles. The molecule has 0 aromatic carbocycles. The highest BCUT2D eigenvalue weighted by Crippen LogP contribution is 2.34. The summed E-state index contributed by atoms with van der Waals surface area (Å²) in [6, 6.07) is 0. The zero-order chi connectivity index (χ0) is 44.1. The molecule has 3 aliphatic heterocycles. The van der Waals surface area contributed by atoms with Gasteiger partial charge in [0, 0.05) is 21.8 Å². The van der Waals surface area contributed by atoms with E-state index in [1.165, 1.54) is 0 Å². The van der Waals surface area contributed by atoms with Gasteiger partial charge >= 0.3 is 27.1 Å². The quantitative estimate of drug-likeness (QED) is 0.0998. The van der Waals surface area contributed by atoms with Gasteiger partial charge in [-0.2, -0.15) is 0 Å². The van der Waals surface area contributed by atoms with Crippen molar-refractivity contribution in [2.24, 2.45) is 10.8 Å². The van der Waals surface area contributed by atoms with Crippen molar-refractivity contribution in [1.29, 1.82) is 0 Å². The number of rotatable bonds is 0. The van der Waals surface area contributed by atoms with Gasteiger partial charge in [-0.3, -0.25) is 28.7 Å². The van der Waals surface area contributed by atoms with Gasteiger partial charge in [-0.25, -0.2) is 18.5 Å². The summed E-state index contributed by atoms with van der Waals surface area (Å²) in [5, 5.41) is 41.3. The first kappa shape index (κ1) is 52.8. The molecule has 3 unspecified atom stereocenters. The number of hydrogen-bond acceptors (Lipinski definition) is 15. The molecular formula is C36H62N6O12S3. The van der Waals surface area contributed by atoms with E-state index >= 15 is 0 Å². The number of carbonyl (C=O) groups excluding carboxylic acids is 3. The summed E-state index contributed by atoms with van der Waals surface area (Å²) in [7, 11) is -1.54. The Morgan fingerprint density at radius 1 is 0.772 bits per heavy atom. The number of aliphatic hydroxyl groups excluding tert-OH is 2. The van der Waals surface area contributed by atoms with Crippen molar-refractivity contribution in [1.82, 2.24) is 29.6 Å². The minimum Gasteiger partial charge on any atom is -0.505 e. The average Bonchev–Trinajstić information content (AvgIpc) is 3.79. The topological polar surface area (TPSA) is 277 Å². The van der Waals surface area contributed by atoms with E-state index in [2.05, 4.69) is 31.9 Å². The van der Waals surface area contributed by atoms with Crippen LogP contribution >= 0.6 is 23.3 Å². The summed E-state index contributed by atoms with van der Waals surface area (Å²) < 4.78 is 24.8. The van der Waals surface area contributed by atoms with E-state index in [0.29, 0.717) is 16.5 Å². The molecule has 2 aromatic rings. The van der Waals surface area contributed by atoms with Crippen molar-refractivity contribution in [2.75, 3.05) is 0 Å². The van der Waals surface area contributed by atoms with Gasteiger partial charge in [-0.15, -0.1) is 0 Å². The Morgan fingerprint density at radius 2 is 1.30 bits per heavy atom. The number of amides is 2. The summed E-state index contributed by atoms with van der Waals surface area (Å²) in [6.07, 6.45) is -0.916. The molecule has 326 valence electrons. The molecule has 3 aliphatic rings. The van der Waals surface area contributed by atoms with Crippen LogP contribution in [0.5, 0.6) is 11.8 Å². The van der Waals surface area contributed by atoms with E-state index < -0.39 is 45.2 Å². The van der Waals surface area contributed by atoms with E-state index in [-0.39, 0.29) is 63.0 Å². The van der Waals surface area contributed by atoms with Gasteiger partial charge in [-0.05, 0) is 26.2 Å². The van der Waals surface area contributed by atoms with Crippen LogP contribution in [-0.2, 0) is 31.3 Å². The number of carbonyl (C=O) groups is 3. The molecule has 0 bridgehead atoms. The predicted molar refractivity (Wildman–Crippen MR) is 223 cm³/mol. The lowest BCUT2D eigenvalue weighted by Gasteiger charge is -2.30. The number of nitrogens with zero attached hydrogens (tertiary/aromatic N) is 1. The lowest BCUT2D eigenvalue weighted by molar-refractivity contribution is -0.146. The fourth-order valence-corrected chi connectivity index (χ4v) is 6.82. The summed E-state index contributed by atoms with van der Waals surface area (Å²) in [5.41, 5.74) is -1.05. The van der Waals surface area contributed by atoms with E-state index in [1.807, 2.05) is 87.4 Å². The normalized spacial score (nSPS) is 19.6. The van der Waals surface area contributed by atoms with Gasteiger partial charge in [0.15, 0.2) is 28.6 Å². The lowest BCUT2D eigenvalue weighted by Crippen LogP contribution is -2.43. The maximum atomic E-state index is 10.9. The Bertz CT molecular complexity index is 1830. The number of oxazole rings is 1. The zero-order valence-corrected chi connectivity index (χ0v) is 37.0. The molecular weight excluding hydrogens is 805 g/mol.